The van der Waals surface area contributed by atoms with E-state index in [4.69, 9.17) is 16.3 Å². The van der Waals surface area contributed by atoms with Crippen LogP contribution < -0.4 is 10.1 Å². The van der Waals surface area contributed by atoms with Gasteiger partial charge in [0.2, 0.25) is 5.91 Å². The van der Waals surface area contributed by atoms with Gasteiger partial charge in [0.15, 0.2) is 6.61 Å². The Balaban J connectivity index is 2.14. The molecule has 0 heterocycles. The van der Waals surface area contributed by atoms with Crippen molar-refractivity contribution in [2.24, 2.45) is 0 Å². The third kappa shape index (κ3) is 6.75. The Morgan fingerprint density at radius 3 is 2.38 bits per heavy atom. The molecule has 2 aromatic carbocycles. The number of nitrogens with one attached hydrogen (secondary N) is 1. The number of aryl methyl sites for hydroxylation is 1. The maximum absolute atomic E-state index is 13.0. The molecule has 5 nitrogen and oxygen atoms in total. The van der Waals surface area contributed by atoms with Crippen molar-refractivity contribution in [2.45, 2.75) is 39.8 Å². The summed E-state index contributed by atoms with van der Waals surface area (Å²) in [5.41, 5.74) is 2.05. The van der Waals surface area contributed by atoms with Crippen LogP contribution in [0.2, 0.25) is 5.02 Å². The van der Waals surface area contributed by atoms with E-state index in [9.17, 15) is 9.59 Å². The van der Waals surface area contributed by atoms with Crippen LogP contribution in [-0.4, -0.2) is 35.9 Å². The van der Waals surface area contributed by atoms with Crippen molar-refractivity contribution in [2.75, 3.05) is 13.2 Å². The standard InChI is InChI=1S/C22H26BrClN2O3/c1-4-16-8-11-20(19(23)12-16)29-14-21(27)26(15(3)22(28)25-5-2)13-17-6-9-18(24)10-7-17/h6-12,15H,4-5,13-14H2,1-3H3,(H,25,28)/t15-/m0/s1. The zero-order valence-corrected chi connectivity index (χ0v) is 19.2. The number of benzene rings is 2. The summed E-state index contributed by atoms with van der Waals surface area (Å²) in [7, 11) is 0. The lowest BCUT2D eigenvalue weighted by atomic mass is 10.1. The topological polar surface area (TPSA) is 58.6 Å². The van der Waals surface area contributed by atoms with Gasteiger partial charge >= 0.3 is 0 Å². The fourth-order valence-electron chi connectivity index (χ4n) is 2.79. The van der Waals surface area contributed by atoms with Gasteiger partial charge in [-0.25, -0.2) is 0 Å². The van der Waals surface area contributed by atoms with E-state index in [1.165, 1.54) is 10.5 Å². The molecule has 0 saturated heterocycles. The van der Waals surface area contributed by atoms with Crippen LogP contribution in [0.3, 0.4) is 0 Å². The first-order chi connectivity index (χ1) is 13.8. The van der Waals surface area contributed by atoms with Crippen LogP contribution in [0.15, 0.2) is 46.9 Å². The van der Waals surface area contributed by atoms with Crippen LogP contribution in [0.1, 0.15) is 31.9 Å². The quantitative estimate of drug-likeness (QED) is 0.569. The number of carbonyl (C=O) groups is 2. The first-order valence-corrected chi connectivity index (χ1v) is 10.8. The Morgan fingerprint density at radius 2 is 1.79 bits per heavy atom. The number of hydrogen-bond acceptors (Lipinski definition) is 3. The maximum atomic E-state index is 13.0. The molecule has 1 N–H and O–H groups in total. The number of amides is 2. The second-order valence-corrected chi connectivity index (χ2v) is 7.92. The van der Waals surface area contributed by atoms with Gasteiger partial charge in [-0.3, -0.25) is 9.59 Å². The second-order valence-electron chi connectivity index (χ2n) is 6.63. The Kier molecular flexibility index (Phi) is 8.99. The van der Waals surface area contributed by atoms with E-state index < -0.39 is 6.04 Å². The minimum Gasteiger partial charge on any atom is -0.483 e. The Bertz CT molecular complexity index is 842. The minimum absolute atomic E-state index is 0.165. The van der Waals surface area contributed by atoms with Crippen LogP contribution in [0.4, 0.5) is 0 Å². The molecule has 0 spiro atoms. The van der Waals surface area contributed by atoms with Crippen LogP contribution in [0.25, 0.3) is 0 Å². The van der Waals surface area contributed by atoms with Crippen molar-refractivity contribution >= 4 is 39.3 Å². The molecule has 2 aromatic rings. The van der Waals surface area contributed by atoms with E-state index >= 15 is 0 Å². The first-order valence-electron chi connectivity index (χ1n) is 9.58. The summed E-state index contributed by atoms with van der Waals surface area (Å²) in [5, 5.41) is 3.39. The molecule has 1 atom stereocenters. The number of halogens is 2. The van der Waals surface area contributed by atoms with Crippen molar-refractivity contribution in [3.8, 4) is 5.75 Å². The van der Waals surface area contributed by atoms with Gasteiger partial charge in [0.1, 0.15) is 11.8 Å². The SMILES string of the molecule is CCNC(=O)[C@H](C)N(Cc1ccc(Cl)cc1)C(=O)COc1ccc(CC)cc1Br. The summed E-state index contributed by atoms with van der Waals surface area (Å²) in [6.45, 7) is 6.25. The predicted octanol–water partition coefficient (Wildman–Crippen LogP) is 4.60. The molecular formula is C22H26BrClN2O3. The molecule has 0 aliphatic rings. The molecule has 2 rings (SSSR count). The monoisotopic (exact) mass is 480 g/mol. The first kappa shape index (κ1) is 23.2. The lowest BCUT2D eigenvalue weighted by molar-refractivity contribution is -0.142. The summed E-state index contributed by atoms with van der Waals surface area (Å²) < 4.78 is 6.53. The van der Waals surface area contributed by atoms with Gasteiger partial charge < -0.3 is 15.0 Å². The van der Waals surface area contributed by atoms with Crippen LogP contribution in [-0.2, 0) is 22.6 Å². The maximum Gasteiger partial charge on any atom is 0.261 e. The molecule has 2 amide bonds. The van der Waals surface area contributed by atoms with Crippen LogP contribution in [0.5, 0.6) is 5.75 Å². The average Bonchev–Trinajstić information content (AvgIpc) is 2.71. The number of nitrogens with zero attached hydrogens (tertiary/aromatic N) is 1. The number of hydrogen-bond donors (Lipinski definition) is 1. The molecule has 0 aromatic heterocycles. The van der Waals surface area contributed by atoms with Crippen LogP contribution in [0, 0.1) is 0 Å². The summed E-state index contributed by atoms with van der Waals surface area (Å²) in [4.78, 5) is 26.8. The fourth-order valence-corrected chi connectivity index (χ4v) is 3.46. The summed E-state index contributed by atoms with van der Waals surface area (Å²) in [6, 6.07) is 12.4. The Labute approximate surface area is 185 Å². The predicted molar refractivity (Wildman–Crippen MR) is 119 cm³/mol. The van der Waals surface area contributed by atoms with E-state index in [1.807, 2.05) is 37.3 Å². The summed E-state index contributed by atoms with van der Waals surface area (Å²) in [5.74, 6) is 0.112. The Morgan fingerprint density at radius 1 is 1.14 bits per heavy atom. The summed E-state index contributed by atoms with van der Waals surface area (Å²) in [6.07, 6.45) is 0.913. The van der Waals surface area contributed by atoms with Crippen molar-refractivity contribution in [3.63, 3.8) is 0 Å². The van der Waals surface area contributed by atoms with Gasteiger partial charge in [-0.2, -0.15) is 0 Å². The number of likely N-dealkylation sites (N-methyl/N-ethyl adjacent to an activating group) is 1. The van der Waals surface area contributed by atoms with Gasteiger partial charge in [-0.15, -0.1) is 0 Å². The molecule has 0 aliphatic carbocycles. The highest BCUT2D eigenvalue weighted by molar-refractivity contribution is 9.10. The zero-order chi connectivity index (χ0) is 21.4. The molecule has 29 heavy (non-hydrogen) atoms. The van der Waals surface area contributed by atoms with Crippen LogP contribution >= 0.6 is 27.5 Å². The van der Waals surface area contributed by atoms with E-state index in [1.54, 1.807) is 19.1 Å². The third-order valence-corrected chi connectivity index (χ3v) is 5.41. The van der Waals surface area contributed by atoms with Crippen molar-refractivity contribution in [3.05, 3.63) is 63.1 Å². The van der Waals surface area contributed by atoms with Crippen molar-refractivity contribution in [1.82, 2.24) is 10.2 Å². The third-order valence-electron chi connectivity index (χ3n) is 4.54. The number of carbonyl (C=O) groups excluding carboxylic acids is 2. The van der Waals surface area contributed by atoms with Gasteiger partial charge in [0, 0.05) is 18.1 Å². The molecule has 156 valence electrons. The van der Waals surface area contributed by atoms with E-state index in [2.05, 4.69) is 28.2 Å². The molecule has 0 fully saturated rings. The highest BCUT2D eigenvalue weighted by Gasteiger charge is 2.26. The molecule has 0 bridgehead atoms. The second kappa shape index (κ2) is 11.2. The molecule has 7 heteroatoms. The largest absolute Gasteiger partial charge is 0.483 e. The summed E-state index contributed by atoms with van der Waals surface area (Å²) >= 11 is 9.43. The molecular weight excluding hydrogens is 456 g/mol. The van der Waals surface area contributed by atoms with E-state index in [0.717, 1.165) is 16.5 Å². The van der Waals surface area contributed by atoms with E-state index in [0.29, 0.717) is 17.3 Å². The number of rotatable bonds is 9. The Hall–Kier alpha value is -2.05. The average molecular weight is 482 g/mol. The molecule has 0 saturated carbocycles. The minimum atomic E-state index is -0.632. The smallest absolute Gasteiger partial charge is 0.261 e. The lowest BCUT2D eigenvalue weighted by Crippen LogP contribution is -2.49. The molecule has 0 radical (unpaired) electrons. The van der Waals surface area contributed by atoms with Crippen molar-refractivity contribution < 1.29 is 14.3 Å². The highest BCUT2D eigenvalue weighted by atomic mass is 79.9. The zero-order valence-electron chi connectivity index (χ0n) is 16.9. The molecule has 0 unspecified atom stereocenters. The van der Waals surface area contributed by atoms with E-state index in [-0.39, 0.29) is 25.0 Å². The van der Waals surface area contributed by atoms with Crippen molar-refractivity contribution in [1.29, 1.82) is 0 Å². The highest BCUT2D eigenvalue weighted by Crippen LogP contribution is 2.26. The lowest BCUT2D eigenvalue weighted by Gasteiger charge is -2.28. The normalized spacial score (nSPS) is 11.6. The van der Waals surface area contributed by atoms with Gasteiger partial charge in [-0.05, 0) is 71.6 Å². The number of ether oxygens (including phenoxy) is 1. The van der Waals surface area contributed by atoms with Gasteiger partial charge in [0.05, 0.1) is 4.47 Å². The fraction of sp³-hybridized carbons (Fsp3) is 0.364. The van der Waals surface area contributed by atoms with Gasteiger partial charge in [0.25, 0.3) is 5.91 Å². The molecule has 0 aliphatic heterocycles. The van der Waals surface area contributed by atoms with Gasteiger partial charge in [-0.1, -0.05) is 36.7 Å².